The normalized spacial score (nSPS) is 11.2. The van der Waals surface area contributed by atoms with Crippen LogP contribution in [0, 0.1) is 0 Å². The van der Waals surface area contributed by atoms with Crippen LogP contribution in [0.1, 0.15) is 18.8 Å². The largest absolute Gasteiger partial charge is 0.356 e. The van der Waals surface area contributed by atoms with Crippen LogP contribution < -0.4 is 10.6 Å². The van der Waals surface area contributed by atoms with Crippen LogP contribution in [-0.2, 0) is 11.2 Å². The standard InChI is InChI=1S/C14H18F2N4O/c1-17-8-7-13(21)18-9-6-12-19-10-4-2-3-5-11(10)20(12)14(15)16/h2-5,14,17H,6-9H2,1H3,(H,18,21). The minimum Gasteiger partial charge on any atom is -0.356 e. The summed E-state index contributed by atoms with van der Waals surface area (Å²) in [4.78, 5) is 15.7. The first-order valence-electron chi connectivity index (χ1n) is 6.78. The van der Waals surface area contributed by atoms with E-state index in [1.165, 1.54) is 0 Å². The van der Waals surface area contributed by atoms with E-state index in [9.17, 15) is 13.6 Å². The fourth-order valence-corrected chi connectivity index (χ4v) is 2.13. The van der Waals surface area contributed by atoms with Gasteiger partial charge in [-0.1, -0.05) is 12.1 Å². The van der Waals surface area contributed by atoms with E-state index in [1.807, 2.05) is 0 Å². The average Bonchev–Trinajstić information content (AvgIpc) is 2.83. The van der Waals surface area contributed by atoms with Gasteiger partial charge in [0.25, 0.3) is 0 Å². The van der Waals surface area contributed by atoms with Gasteiger partial charge in [-0.3, -0.25) is 9.36 Å². The van der Waals surface area contributed by atoms with Gasteiger partial charge in [-0.05, 0) is 19.2 Å². The Morgan fingerprint density at radius 1 is 1.33 bits per heavy atom. The van der Waals surface area contributed by atoms with Crippen molar-refractivity contribution in [1.82, 2.24) is 20.2 Å². The van der Waals surface area contributed by atoms with Gasteiger partial charge in [0.2, 0.25) is 5.91 Å². The zero-order valence-electron chi connectivity index (χ0n) is 11.8. The van der Waals surface area contributed by atoms with Crippen LogP contribution in [0.2, 0.25) is 0 Å². The molecule has 0 fully saturated rings. The van der Waals surface area contributed by atoms with Gasteiger partial charge < -0.3 is 10.6 Å². The molecule has 7 heteroatoms. The summed E-state index contributed by atoms with van der Waals surface area (Å²) in [5.41, 5.74) is 0.943. The molecule has 0 aliphatic carbocycles. The highest BCUT2D eigenvalue weighted by Gasteiger charge is 2.17. The summed E-state index contributed by atoms with van der Waals surface area (Å²) in [6.45, 7) is -1.77. The molecule has 21 heavy (non-hydrogen) atoms. The first-order valence-corrected chi connectivity index (χ1v) is 6.78. The van der Waals surface area contributed by atoms with E-state index < -0.39 is 6.55 Å². The van der Waals surface area contributed by atoms with Crippen LogP contribution in [0.4, 0.5) is 8.78 Å². The third-order valence-corrected chi connectivity index (χ3v) is 3.14. The topological polar surface area (TPSA) is 59.0 Å². The average molecular weight is 296 g/mol. The lowest BCUT2D eigenvalue weighted by Gasteiger charge is -2.08. The Hall–Kier alpha value is -2.02. The van der Waals surface area contributed by atoms with Gasteiger partial charge in [0, 0.05) is 25.9 Å². The van der Waals surface area contributed by atoms with Crippen molar-refractivity contribution in [3.05, 3.63) is 30.1 Å². The van der Waals surface area contributed by atoms with Crippen molar-refractivity contribution in [3.63, 3.8) is 0 Å². The quantitative estimate of drug-likeness (QED) is 0.817. The van der Waals surface area contributed by atoms with Crippen molar-refractivity contribution in [3.8, 4) is 0 Å². The molecule has 0 aliphatic heterocycles. The van der Waals surface area contributed by atoms with Gasteiger partial charge in [-0.25, -0.2) is 4.98 Å². The predicted octanol–water partition coefficient (Wildman–Crippen LogP) is 1.70. The van der Waals surface area contributed by atoms with Crippen molar-refractivity contribution < 1.29 is 13.6 Å². The van der Waals surface area contributed by atoms with Crippen LogP contribution in [0.15, 0.2) is 24.3 Å². The molecule has 1 aromatic heterocycles. The molecule has 1 heterocycles. The number of nitrogens with one attached hydrogen (secondary N) is 2. The van der Waals surface area contributed by atoms with Gasteiger partial charge >= 0.3 is 6.55 Å². The first kappa shape index (κ1) is 15.4. The third-order valence-electron chi connectivity index (χ3n) is 3.14. The van der Waals surface area contributed by atoms with E-state index >= 15 is 0 Å². The molecule has 0 bridgehead atoms. The minimum absolute atomic E-state index is 0.107. The van der Waals surface area contributed by atoms with E-state index in [0.29, 0.717) is 30.5 Å². The van der Waals surface area contributed by atoms with E-state index in [-0.39, 0.29) is 18.2 Å². The fourth-order valence-electron chi connectivity index (χ4n) is 2.13. The zero-order valence-corrected chi connectivity index (χ0v) is 11.8. The number of alkyl halides is 2. The van der Waals surface area contributed by atoms with Crippen LogP contribution in [0.5, 0.6) is 0 Å². The Labute approximate surface area is 121 Å². The van der Waals surface area contributed by atoms with Gasteiger partial charge in [0.1, 0.15) is 5.82 Å². The lowest BCUT2D eigenvalue weighted by molar-refractivity contribution is -0.120. The molecule has 114 valence electrons. The second kappa shape index (κ2) is 7.12. The summed E-state index contributed by atoms with van der Waals surface area (Å²) < 4.78 is 27.3. The maximum Gasteiger partial charge on any atom is 0.320 e. The maximum atomic E-state index is 13.2. The summed E-state index contributed by atoms with van der Waals surface area (Å²) in [5, 5.41) is 5.57. The van der Waals surface area contributed by atoms with Gasteiger partial charge in [0.05, 0.1) is 11.0 Å². The molecule has 0 saturated carbocycles. The highest BCUT2D eigenvalue weighted by molar-refractivity contribution is 5.76. The molecular weight excluding hydrogens is 278 g/mol. The number of fused-ring (bicyclic) bond motifs is 1. The fraction of sp³-hybridized carbons (Fsp3) is 0.429. The summed E-state index contributed by atoms with van der Waals surface area (Å²) >= 11 is 0. The van der Waals surface area contributed by atoms with Crippen LogP contribution >= 0.6 is 0 Å². The van der Waals surface area contributed by atoms with E-state index in [0.717, 1.165) is 4.57 Å². The molecule has 0 radical (unpaired) electrons. The minimum atomic E-state index is -2.65. The number of para-hydroxylation sites is 2. The van der Waals surface area contributed by atoms with Crippen LogP contribution in [0.3, 0.4) is 0 Å². The van der Waals surface area contributed by atoms with E-state index in [4.69, 9.17) is 0 Å². The Bertz CT molecular complexity index is 612. The number of hydrogen-bond acceptors (Lipinski definition) is 3. The third kappa shape index (κ3) is 3.75. The number of nitrogens with zero attached hydrogens (tertiary/aromatic N) is 2. The smallest absolute Gasteiger partial charge is 0.320 e. The molecule has 1 amide bonds. The van der Waals surface area contributed by atoms with Crippen LogP contribution in [-0.4, -0.2) is 35.6 Å². The summed E-state index contributed by atoms with van der Waals surface area (Å²) in [6.07, 6.45) is 0.631. The number of halogens is 2. The molecule has 0 spiro atoms. The lowest BCUT2D eigenvalue weighted by atomic mass is 10.3. The number of hydrogen-bond donors (Lipinski definition) is 2. The number of imidazole rings is 1. The lowest BCUT2D eigenvalue weighted by Crippen LogP contribution is -2.28. The van der Waals surface area contributed by atoms with Crippen LogP contribution in [0.25, 0.3) is 11.0 Å². The Balaban J connectivity index is 2.04. The number of aromatic nitrogens is 2. The number of carbonyl (C=O) groups excluding carboxylic acids is 1. The highest BCUT2D eigenvalue weighted by Crippen LogP contribution is 2.23. The second-order valence-corrected chi connectivity index (χ2v) is 4.62. The monoisotopic (exact) mass is 296 g/mol. The molecular formula is C14H18F2N4O. The summed E-state index contributed by atoms with van der Waals surface area (Å²) in [6, 6.07) is 6.77. The van der Waals surface area contributed by atoms with Crippen molar-refractivity contribution >= 4 is 16.9 Å². The first-order chi connectivity index (χ1) is 10.1. The zero-order chi connectivity index (χ0) is 15.2. The van der Waals surface area contributed by atoms with Crippen molar-refractivity contribution in [1.29, 1.82) is 0 Å². The van der Waals surface area contributed by atoms with E-state index in [2.05, 4.69) is 15.6 Å². The Morgan fingerprint density at radius 3 is 2.81 bits per heavy atom. The molecule has 0 atom stereocenters. The predicted molar refractivity (Wildman–Crippen MR) is 76.2 cm³/mol. The Morgan fingerprint density at radius 2 is 2.10 bits per heavy atom. The SMILES string of the molecule is CNCCC(=O)NCCc1nc2ccccc2n1C(F)F. The van der Waals surface area contributed by atoms with E-state index in [1.54, 1.807) is 31.3 Å². The maximum absolute atomic E-state index is 13.2. The molecule has 0 aliphatic rings. The second-order valence-electron chi connectivity index (χ2n) is 4.62. The van der Waals surface area contributed by atoms with Gasteiger partial charge in [0.15, 0.2) is 0 Å². The van der Waals surface area contributed by atoms with Gasteiger partial charge in [-0.2, -0.15) is 8.78 Å². The van der Waals surface area contributed by atoms with Gasteiger partial charge in [-0.15, -0.1) is 0 Å². The molecule has 2 N–H and O–H groups in total. The molecule has 0 unspecified atom stereocenters. The summed E-state index contributed by atoms with van der Waals surface area (Å²) in [7, 11) is 1.76. The Kier molecular flexibility index (Phi) is 5.21. The van der Waals surface area contributed by atoms with Crippen molar-refractivity contribution in [2.45, 2.75) is 19.4 Å². The number of rotatable bonds is 7. The molecule has 1 aromatic carbocycles. The number of benzene rings is 1. The molecule has 2 rings (SSSR count). The van der Waals surface area contributed by atoms with Crippen molar-refractivity contribution in [2.75, 3.05) is 20.1 Å². The summed E-state index contributed by atoms with van der Waals surface area (Å²) in [5.74, 6) is 0.171. The highest BCUT2D eigenvalue weighted by atomic mass is 19.3. The van der Waals surface area contributed by atoms with Crippen molar-refractivity contribution in [2.24, 2.45) is 0 Å². The molecule has 5 nitrogen and oxygen atoms in total. The number of carbonyl (C=O) groups is 1. The number of amides is 1. The molecule has 0 saturated heterocycles. The molecule has 2 aromatic rings.